The number of nitrogens with zero attached hydrogens (tertiary/aromatic N) is 1. The monoisotopic (exact) mass is 299 g/mol. The van der Waals surface area contributed by atoms with Gasteiger partial charge in [0.2, 0.25) is 0 Å². The Morgan fingerprint density at radius 3 is 2.76 bits per heavy atom. The van der Waals surface area contributed by atoms with Gasteiger partial charge in [0.15, 0.2) is 6.61 Å². The first-order valence-electron chi connectivity index (χ1n) is 5.57. The van der Waals surface area contributed by atoms with Crippen molar-refractivity contribution < 1.29 is 14.4 Å². The number of carbonyl (C=O) groups is 1. The van der Waals surface area contributed by atoms with E-state index in [4.69, 9.17) is 9.57 Å². The van der Waals surface area contributed by atoms with Gasteiger partial charge in [0.1, 0.15) is 5.75 Å². The summed E-state index contributed by atoms with van der Waals surface area (Å²) >= 11 is 3.34. The summed E-state index contributed by atoms with van der Waals surface area (Å²) in [6.45, 7) is 1.29. The van der Waals surface area contributed by atoms with Gasteiger partial charge in [-0.3, -0.25) is 9.63 Å². The van der Waals surface area contributed by atoms with E-state index < -0.39 is 0 Å². The number of rotatable bonds is 3. The third kappa shape index (κ3) is 3.71. The van der Waals surface area contributed by atoms with Gasteiger partial charge in [-0.2, -0.15) is 0 Å². The molecule has 4 nitrogen and oxygen atoms in total. The van der Waals surface area contributed by atoms with Crippen LogP contribution in [0, 0.1) is 0 Å². The van der Waals surface area contributed by atoms with Crippen LogP contribution in [0.2, 0.25) is 0 Å². The molecule has 0 aromatic heterocycles. The fourth-order valence-corrected chi connectivity index (χ4v) is 1.81. The molecule has 1 fully saturated rings. The molecule has 1 aromatic carbocycles. The zero-order valence-corrected chi connectivity index (χ0v) is 11.0. The van der Waals surface area contributed by atoms with Gasteiger partial charge in [0, 0.05) is 11.0 Å². The maximum Gasteiger partial charge on any atom is 0.283 e. The molecule has 1 amide bonds. The van der Waals surface area contributed by atoms with Crippen LogP contribution in [0.4, 0.5) is 0 Å². The van der Waals surface area contributed by atoms with E-state index >= 15 is 0 Å². The number of hydrogen-bond acceptors (Lipinski definition) is 3. The number of halogens is 1. The lowest BCUT2D eigenvalue weighted by Crippen LogP contribution is -2.38. The molecule has 2 rings (SSSR count). The summed E-state index contributed by atoms with van der Waals surface area (Å²) in [7, 11) is 0. The van der Waals surface area contributed by atoms with Gasteiger partial charge >= 0.3 is 0 Å². The van der Waals surface area contributed by atoms with Crippen LogP contribution in [-0.2, 0) is 9.63 Å². The maximum atomic E-state index is 11.7. The van der Waals surface area contributed by atoms with E-state index in [0.29, 0.717) is 18.9 Å². The molecule has 92 valence electrons. The molecule has 0 bridgehead atoms. The lowest BCUT2D eigenvalue weighted by Gasteiger charge is -2.25. The van der Waals surface area contributed by atoms with Crippen molar-refractivity contribution in [2.24, 2.45) is 0 Å². The fourth-order valence-electron chi connectivity index (χ4n) is 1.54. The van der Waals surface area contributed by atoms with Crippen molar-refractivity contribution in [1.29, 1.82) is 0 Å². The molecule has 0 saturated carbocycles. The Morgan fingerprint density at radius 1 is 1.35 bits per heavy atom. The second-order valence-electron chi connectivity index (χ2n) is 3.78. The standard InChI is InChI=1S/C12H14BrNO3/c13-10-3-5-11(6-4-10)16-9-12(15)14-7-1-2-8-17-14/h3-6H,1-2,7-9H2. The second-order valence-corrected chi connectivity index (χ2v) is 4.69. The first-order chi connectivity index (χ1) is 8.25. The molecule has 0 N–H and O–H groups in total. The van der Waals surface area contributed by atoms with Crippen molar-refractivity contribution >= 4 is 21.8 Å². The summed E-state index contributed by atoms with van der Waals surface area (Å²) in [5.41, 5.74) is 0. The molecule has 1 saturated heterocycles. The zero-order valence-electron chi connectivity index (χ0n) is 9.39. The van der Waals surface area contributed by atoms with Gasteiger partial charge < -0.3 is 4.74 Å². The Kier molecular flexibility index (Phi) is 4.39. The largest absolute Gasteiger partial charge is 0.484 e. The van der Waals surface area contributed by atoms with Crippen molar-refractivity contribution in [1.82, 2.24) is 5.06 Å². The summed E-state index contributed by atoms with van der Waals surface area (Å²) in [5.74, 6) is 0.547. The zero-order chi connectivity index (χ0) is 12.1. The van der Waals surface area contributed by atoms with Crippen molar-refractivity contribution in [2.45, 2.75) is 12.8 Å². The van der Waals surface area contributed by atoms with Crippen LogP contribution < -0.4 is 4.74 Å². The Bertz CT molecular complexity index is 374. The molecule has 1 aliphatic heterocycles. The van der Waals surface area contributed by atoms with Crippen LogP contribution in [0.15, 0.2) is 28.7 Å². The highest BCUT2D eigenvalue weighted by Gasteiger charge is 2.17. The SMILES string of the molecule is O=C(COc1ccc(Br)cc1)N1CCCCO1. The average molecular weight is 300 g/mol. The summed E-state index contributed by atoms with van der Waals surface area (Å²) < 4.78 is 6.37. The number of hydroxylamine groups is 2. The van der Waals surface area contributed by atoms with E-state index in [-0.39, 0.29) is 12.5 Å². The highest BCUT2D eigenvalue weighted by molar-refractivity contribution is 9.10. The lowest BCUT2D eigenvalue weighted by molar-refractivity contribution is -0.198. The quantitative estimate of drug-likeness (QED) is 0.860. The van der Waals surface area contributed by atoms with Gasteiger partial charge in [0.25, 0.3) is 5.91 Å². The number of amides is 1. The fraction of sp³-hybridized carbons (Fsp3) is 0.417. The normalized spacial score (nSPS) is 15.7. The van der Waals surface area contributed by atoms with Crippen LogP contribution in [-0.4, -0.2) is 30.7 Å². The van der Waals surface area contributed by atoms with Crippen LogP contribution in [0.25, 0.3) is 0 Å². The van der Waals surface area contributed by atoms with Crippen LogP contribution in [0.1, 0.15) is 12.8 Å². The molecule has 1 aromatic rings. The molecule has 1 heterocycles. The smallest absolute Gasteiger partial charge is 0.283 e. The molecule has 0 aliphatic carbocycles. The summed E-state index contributed by atoms with van der Waals surface area (Å²) in [5, 5.41) is 1.39. The predicted molar refractivity (Wildman–Crippen MR) is 66.5 cm³/mol. The highest BCUT2D eigenvalue weighted by atomic mass is 79.9. The first-order valence-corrected chi connectivity index (χ1v) is 6.36. The Hall–Kier alpha value is -1.07. The lowest BCUT2D eigenvalue weighted by atomic mass is 10.3. The Balaban J connectivity index is 1.81. The van der Waals surface area contributed by atoms with Gasteiger partial charge in [-0.25, -0.2) is 5.06 Å². The predicted octanol–water partition coefficient (Wildman–Crippen LogP) is 2.38. The Morgan fingerprint density at radius 2 is 2.12 bits per heavy atom. The molecular formula is C12H14BrNO3. The molecule has 0 radical (unpaired) electrons. The summed E-state index contributed by atoms with van der Waals surface area (Å²) in [4.78, 5) is 16.9. The molecule has 0 unspecified atom stereocenters. The second kappa shape index (κ2) is 6.02. The molecule has 1 aliphatic rings. The van der Waals surface area contributed by atoms with Gasteiger partial charge in [0.05, 0.1) is 6.61 Å². The van der Waals surface area contributed by atoms with E-state index in [1.807, 2.05) is 24.3 Å². The number of hydrogen-bond donors (Lipinski definition) is 0. The number of benzene rings is 1. The summed E-state index contributed by atoms with van der Waals surface area (Å²) in [6, 6.07) is 7.37. The van der Waals surface area contributed by atoms with Crippen molar-refractivity contribution in [3.05, 3.63) is 28.7 Å². The van der Waals surface area contributed by atoms with Crippen molar-refractivity contribution in [2.75, 3.05) is 19.8 Å². The average Bonchev–Trinajstić information content (AvgIpc) is 2.39. The highest BCUT2D eigenvalue weighted by Crippen LogP contribution is 2.16. The minimum atomic E-state index is -0.132. The third-order valence-electron chi connectivity index (χ3n) is 2.46. The van der Waals surface area contributed by atoms with Gasteiger partial charge in [-0.15, -0.1) is 0 Å². The van der Waals surface area contributed by atoms with E-state index in [9.17, 15) is 4.79 Å². The van der Waals surface area contributed by atoms with Gasteiger partial charge in [-0.1, -0.05) is 15.9 Å². The van der Waals surface area contributed by atoms with E-state index in [2.05, 4.69) is 15.9 Å². The van der Waals surface area contributed by atoms with Gasteiger partial charge in [-0.05, 0) is 37.1 Å². The van der Waals surface area contributed by atoms with Crippen molar-refractivity contribution in [3.8, 4) is 5.75 Å². The molecule has 17 heavy (non-hydrogen) atoms. The molecular weight excluding hydrogens is 286 g/mol. The number of ether oxygens (including phenoxy) is 1. The molecule has 0 spiro atoms. The van der Waals surface area contributed by atoms with Crippen LogP contribution in [0.5, 0.6) is 5.75 Å². The minimum absolute atomic E-state index is 0.0155. The van der Waals surface area contributed by atoms with Crippen LogP contribution >= 0.6 is 15.9 Å². The maximum absolute atomic E-state index is 11.7. The van der Waals surface area contributed by atoms with Crippen molar-refractivity contribution in [3.63, 3.8) is 0 Å². The molecule has 0 atom stereocenters. The van der Waals surface area contributed by atoms with Crippen LogP contribution in [0.3, 0.4) is 0 Å². The molecule has 5 heteroatoms. The van der Waals surface area contributed by atoms with E-state index in [1.165, 1.54) is 5.06 Å². The van der Waals surface area contributed by atoms with E-state index in [0.717, 1.165) is 17.3 Å². The minimum Gasteiger partial charge on any atom is -0.484 e. The van der Waals surface area contributed by atoms with E-state index in [1.54, 1.807) is 0 Å². The summed E-state index contributed by atoms with van der Waals surface area (Å²) in [6.07, 6.45) is 2.00. The first kappa shape index (κ1) is 12.4. The Labute approximate surface area is 109 Å². The topological polar surface area (TPSA) is 38.8 Å². The number of carbonyl (C=O) groups excluding carboxylic acids is 1. The third-order valence-corrected chi connectivity index (χ3v) is 2.99.